The van der Waals surface area contributed by atoms with Gasteiger partial charge in [0.15, 0.2) is 0 Å². The van der Waals surface area contributed by atoms with Crippen LogP contribution in [0.3, 0.4) is 0 Å². The number of aromatic nitrogens is 1. The van der Waals surface area contributed by atoms with E-state index in [9.17, 15) is 0 Å². The Morgan fingerprint density at radius 1 is 1.06 bits per heavy atom. The number of pyridine rings is 1. The third-order valence-electron chi connectivity index (χ3n) is 6.14. The monoisotopic (exact) mass is 435 g/mol. The second-order valence-electron chi connectivity index (χ2n) is 8.61. The van der Waals surface area contributed by atoms with E-state index in [-0.39, 0.29) is 0 Å². The molecule has 1 aliphatic rings. The average molecular weight is 436 g/mol. The molecule has 2 N–H and O–H groups in total. The van der Waals surface area contributed by atoms with E-state index >= 15 is 0 Å². The van der Waals surface area contributed by atoms with Gasteiger partial charge < -0.3 is 10.6 Å². The fourth-order valence-corrected chi connectivity index (χ4v) is 4.62. The Hall–Kier alpha value is -2.32. The van der Waals surface area contributed by atoms with Gasteiger partial charge in [-0.1, -0.05) is 44.2 Å². The van der Waals surface area contributed by atoms with Crippen LogP contribution in [-0.4, -0.2) is 24.6 Å². The molecule has 31 heavy (non-hydrogen) atoms. The Kier molecular flexibility index (Phi) is 8.54. The summed E-state index contributed by atoms with van der Waals surface area (Å²) in [5, 5.41) is 7.89. The molecule has 164 valence electrons. The minimum atomic E-state index is 0.485. The van der Waals surface area contributed by atoms with E-state index in [0.717, 1.165) is 39.8 Å². The van der Waals surface area contributed by atoms with Crippen LogP contribution >= 0.6 is 11.6 Å². The van der Waals surface area contributed by atoms with Crippen molar-refractivity contribution in [3.05, 3.63) is 82.9 Å². The minimum absolute atomic E-state index is 0.485. The topological polar surface area (TPSA) is 37.0 Å². The molecule has 1 heterocycles. The van der Waals surface area contributed by atoms with Gasteiger partial charge in [0.2, 0.25) is 0 Å². The summed E-state index contributed by atoms with van der Waals surface area (Å²) in [6, 6.07) is 12.6. The number of nitrogens with one attached hydrogen (secondary N) is 2. The summed E-state index contributed by atoms with van der Waals surface area (Å²) >= 11 is 6.14. The normalized spacial score (nSPS) is 19.5. The van der Waals surface area contributed by atoms with E-state index in [1.807, 2.05) is 43.7 Å². The maximum absolute atomic E-state index is 6.14. The van der Waals surface area contributed by atoms with Gasteiger partial charge in [-0.2, -0.15) is 0 Å². The zero-order chi connectivity index (χ0) is 22.2. The highest BCUT2D eigenvalue weighted by Crippen LogP contribution is 2.40. The van der Waals surface area contributed by atoms with Gasteiger partial charge in [0.05, 0.1) is 0 Å². The average Bonchev–Trinajstić information content (AvgIpc) is 2.80. The van der Waals surface area contributed by atoms with Crippen LogP contribution in [-0.2, 0) is 0 Å². The maximum atomic E-state index is 6.14. The van der Waals surface area contributed by atoms with E-state index in [1.54, 1.807) is 0 Å². The Morgan fingerprint density at radius 3 is 2.26 bits per heavy atom. The van der Waals surface area contributed by atoms with E-state index in [1.165, 1.54) is 31.4 Å². The van der Waals surface area contributed by atoms with Gasteiger partial charge in [-0.15, -0.1) is 5.73 Å². The van der Waals surface area contributed by atoms with Crippen molar-refractivity contribution >= 4 is 22.7 Å². The third kappa shape index (κ3) is 6.11. The molecule has 1 aromatic carbocycles. The van der Waals surface area contributed by atoms with Crippen molar-refractivity contribution < 1.29 is 0 Å². The summed E-state index contributed by atoms with van der Waals surface area (Å²) in [6.07, 6.45) is 8.54. The molecule has 0 bridgehead atoms. The highest BCUT2D eigenvalue weighted by Gasteiger charge is 2.27. The zero-order valence-electron chi connectivity index (χ0n) is 18.9. The first-order valence-corrected chi connectivity index (χ1v) is 11.6. The highest BCUT2D eigenvalue weighted by molar-refractivity contribution is 6.30. The number of rotatable bonds is 8. The summed E-state index contributed by atoms with van der Waals surface area (Å²) in [4.78, 5) is 4.23. The lowest BCUT2D eigenvalue weighted by atomic mass is 9.77. The van der Waals surface area contributed by atoms with E-state index in [4.69, 9.17) is 11.6 Å². The van der Waals surface area contributed by atoms with Gasteiger partial charge in [0.25, 0.3) is 0 Å². The van der Waals surface area contributed by atoms with Crippen molar-refractivity contribution in [2.45, 2.75) is 45.6 Å². The Balaban J connectivity index is 1.97. The molecule has 1 aliphatic carbocycles. The number of hydrogen-bond acceptors (Lipinski definition) is 3. The summed E-state index contributed by atoms with van der Waals surface area (Å²) in [5.41, 5.74) is 8.84. The molecule has 1 fully saturated rings. The molecular formula is C27H34ClN3. The molecule has 0 spiro atoms. The summed E-state index contributed by atoms with van der Waals surface area (Å²) in [6.45, 7) is 9.59. The van der Waals surface area contributed by atoms with Crippen LogP contribution in [0.4, 0.5) is 0 Å². The second kappa shape index (κ2) is 11.3. The number of benzene rings is 1. The summed E-state index contributed by atoms with van der Waals surface area (Å²) < 4.78 is 0. The lowest BCUT2D eigenvalue weighted by Gasteiger charge is -2.32. The first-order valence-electron chi connectivity index (χ1n) is 11.3. The number of halogens is 1. The predicted molar refractivity (Wildman–Crippen MR) is 133 cm³/mol. The van der Waals surface area contributed by atoms with Crippen molar-refractivity contribution in [3.8, 4) is 0 Å². The van der Waals surface area contributed by atoms with Crippen molar-refractivity contribution in [2.75, 3.05) is 13.6 Å². The fraction of sp³-hybridized carbons (Fsp3) is 0.407. The van der Waals surface area contributed by atoms with E-state index < -0.39 is 0 Å². The first kappa shape index (κ1) is 23.3. The standard InChI is InChI=1S/C27H34ClN3/c1-5-25(21-10-12-24(28)13-11-21)26(22-14-16-30-17-15-22)27(29-4)23-8-6-20(7-9-23)18-31-19(2)3/h10-17,19-20,23,29,31H,1,6-9,18H2,2-4H3/b27-26-. The maximum Gasteiger partial charge on any atom is 0.0406 e. The lowest BCUT2D eigenvalue weighted by molar-refractivity contribution is 0.282. The second-order valence-corrected chi connectivity index (χ2v) is 9.05. The van der Waals surface area contributed by atoms with Crippen LogP contribution in [0.2, 0.25) is 5.02 Å². The molecule has 0 atom stereocenters. The molecule has 1 aromatic heterocycles. The van der Waals surface area contributed by atoms with Crippen molar-refractivity contribution in [3.63, 3.8) is 0 Å². The van der Waals surface area contributed by atoms with Crippen LogP contribution in [0.25, 0.3) is 11.1 Å². The van der Waals surface area contributed by atoms with E-state index in [2.05, 4.69) is 53.9 Å². The highest BCUT2D eigenvalue weighted by atomic mass is 35.5. The van der Waals surface area contributed by atoms with Crippen molar-refractivity contribution in [1.82, 2.24) is 15.6 Å². The van der Waals surface area contributed by atoms with Crippen LogP contribution in [0.15, 0.2) is 66.8 Å². The zero-order valence-corrected chi connectivity index (χ0v) is 19.7. The molecule has 3 nitrogen and oxygen atoms in total. The Labute approximate surface area is 192 Å². The quantitative estimate of drug-likeness (QED) is 0.375. The molecule has 3 rings (SSSR count). The van der Waals surface area contributed by atoms with E-state index in [0.29, 0.717) is 12.0 Å². The SMILES string of the molecule is C=C=C(/C(=C(\NC)C1CCC(CNC(C)C)CC1)c1ccncc1)c1ccc(Cl)cc1. The number of hydrogen-bond donors (Lipinski definition) is 2. The minimum Gasteiger partial charge on any atom is -0.391 e. The largest absolute Gasteiger partial charge is 0.391 e. The smallest absolute Gasteiger partial charge is 0.0406 e. The van der Waals surface area contributed by atoms with Gasteiger partial charge in [0, 0.05) is 47.3 Å². The molecule has 0 saturated heterocycles. The molecule has 4 heteroatoms. The number of nitrogens with zero attached hydrogens (tertiary/aromatic N) is 1. The van der Waals surface area contributed by atoms with Gasteiger partial charge in [-0.25, -0.2) is 0 Å². The fourth-order valence-electron chi connectivity index (χ4n) is 4.50. The Morgan fingerprint density at radius 2 is 1.71 bits per heavy atom. The Bertz CT molecular complexity index is 917. The summed E-state index contributed by atoms with van der Waals surface area (Å²) in [5.74, 6) is 1.24. The molecule has 0 radical (unpaired) electrons. The third-order valence-corrected chi connectivity index (χ3v) is 6.39. The molecule has 0 aliphatic heterocycles. The van der Waals surface area contributed by atoms with Crippen LogP contribution in [0.5, 0.6) is 0 Å². The lowest BCUT2D eigenvalue weighted by Crippen LogP contribution is -2.32. The van der Waals surface area contributed by atoms with Crippen LogP contribution < -0.4 is 10.6 Å². The molecule has 0 unspecified atom stereocenters. The first-order chi connectivity index (χ1) is 15.0. The number of allylic oxidation sites excluding steroid dienone is 3. The molecule has 2 aromatic rings. The molecule has 0 amide bonds. The van der Waals surface area contributed by atoms with Gasteiger partial charge in [-0.3, -0.25) is 4.98 Å². The van der Waals surface area contributed by atoms with Gasteiger partial charge in [0.1, 0.15) is 0 Å². The van der Waals surface area contributed by atoms with Crippen molar-refractivity contribution in [1.29, 1.82) is 0 Å². The van der Waals surface area contributed by atoms with Crippen LogP contribution in [0.1, 0.15) is 50.7 Å². The summed E-state index contributed by atoms with van der Waals surface area (Å²) in [7, 11) is 2.03. The van der Waals surface area contributed by atoms with Gasteiger partial charge in [-0.05, 0) is 79.5 Å². The van der Waals surface area contributed by atoms with Crippen LogP contribution in [0, 0.1) is 11.8 Å². The van der Waals surface area contributed by atoms with Crippen molar-refractivity contribution in [2.24, 2.45) is 11.8 Å². The molecular weight excluding hydrogens is 402 g/mol. The molecule has 1 saturated carbocycles. The predicted octanol–water partition coefficient (Wildman–Crippen LogP) is 6.34. The van der Waals surface area contributed by atoms with Gasteiger partial charge >= 0.3 is 0 Å².